The fourth-order valence-electron chi connectivity index (χ4n) is 2.26. The van der Waals surface area contributed by atoms with Crippen LogP contribution >= 0.6 is 0 Å². The largest absolute Gasteiger partial charge is 0.493 e. The Morgan fingerprint density at radius 3 is 2.22 bits per heavy atom. The molecule has 1 N–H and O–H groups in total. The SMILES string of the molecule is COC(=O)COc1ccc(S(=O)(=O)Nc2ccc(OC)c(OC)c2)cc1C. The first-order valence-electron chi connectivity index (χ1n) is 7.86. The predicted octanol–water partition coefficient (Wildman–Crippen LogP) is 2.36. The summed E-state index contributed by atoms with van der Waals surface area (Å²) in [6, 6.07) is 9.03. The summed E-state index contributed by atoms with van der Waals surface area (Å²) in [6.07, 6.45) is 0. The summed E-state index contributed by atoms with van der Waals surface area (Å²) in [5.41, 5.74) is 0.894. The zero-order chi connectivity index (χ0) is 20.0. The Hall–Kier alpha value is -2.94. The van der Waals surface area contributed by atoms with Gasteiger partial charge in [0.2, 0.25) is 0 Å². The molecular weight excluding hydrogens is 374 g/mol. The van der Waals surface area contributed by atoms with Crippen LogP contribution in [0.1, 0.15) is 5.56 Å². The van der Waals surface area contributed by atoms with Crippen molar-refractivity contribution in [2.45, 2.75) is 11.8 Å². The zero-order valence-corrected chi connectivity index (χ0v) is 16.3. The number of hydrogen-bond donors (Lipinski definition) is 1. The van der Waals surface area contributed by atoms with E-state index in [1.807, 2.05) is 0 Å². The van der Waals surface area contributed by atoms with Crippen molar-refractivity contribution < 1.29 is 32.2 Å². The van der Waals surface area contributed by atoms with Gasteiger partial charge in [-0.3, -0.25) is 4.72 Å². The summed E-state index contributed by atoms with van der Waals surface area (Å²) >= 11 is 0. The van der Waals surface area contributed by atoms with Crippen molar-refractivity contribution in [1.29, 1.82) is 0 Å². The molecule has 0 aliphatic rings. The van der Waals surface area contributed by atoms with Crippen molar-refractivity contribution in [2.24, 2.45) is 0 Å². The van der Waals surface area contributed by atoms with Crippen LogP contribution < -0.4 is 18.9 Å². The maximum atomic E-state index is 12.6. The van der Waals surface area contributed by atoms with Gasteiger partial charge in [-0.25, -0.2) is 13.2 Å². The van der Waals surface area contributed by atoms with E-state index in [1.165, 1.54) is 45.6 Å². The monoisotopic (exact) mass is 395 g/mol. The summed E-state index contributed by atoms with van der Waals surface area (Å²) in [5.74, 6) is 0.760. The standard InChI is InChI=1S/C18H21NO7S/c1-12-9-14(6-8-15(12)26-11-18(20)25-4)27(21,22)19-13-5-7-16(23-2)17(10-13)24-3/h5-10,19H,11H2,1-4H3. The molecule has 0 fully saturated rings. The van der Waals surface area contributed by atoms with Gasteiger partial charge < -0.3 is 18.9 Å². The quantitative estimate of drug-likeness (QED) is 0.685. The lowest BCUT2D eigenvalue weighted by Gasteiger charge is -2.13. The fraction of sp³-hybridized carbons (Fsp3) is 0.278. The Balaban J connectivity index is 2.21. The van der Waals surface area contributed by atoms with Crippen LogP contribution in [-0.4, -0.2) is 42.3 Å². The fourth-order valence-corrected chi connectivity index (χ4v) is 3.39. The third kappa shape index (κ3) is 5.04. The number of nitrogens with one attached hydrogen (secondary N) is 1. The number of methoxy groups -OCH3 is 3. The number of carbonyl (C=O) groups is 1. The van der Waals surface area contributed by atoms with Crippen LogP contribution in [-0.2, 0) is 19.6 Å². The number of esters is 1. The van der Waals surface area contributed by atoms with Gasteiger partial charge in [0.1, 0.15) is 5.75 Å². The Morgan fingerprint density at radius 1 is 0.963 bits per heavy atom. The second kappa shape index (κ2) is 8.63. The Labute approximate surface area is 158 Å². The normalized spacial score (nSPS) is 10.8. The molecule has 0 aliphatic carbocycles. The minimum Gasteiger partial charge on any atom is -0.493 e. The predicted molar refractivity (Wildman–Crippen MR) is 99.0 cm³/mol. The van der Waals surface area contributed by atoms with Gasteiger partial charge >= 0.3 is 5.97 Å². The van der Waals surface area contributed by atoms with Gasteiger partial charge in [-0.05, 0) is 42.8 Å². The first kappa shape index (κ1) is 20.4. The Morgan fingerprint density at radius 2 is 1.63 bits per heavy atom. The molecule has 0 aromatic heterocycles. The van der Waals surface area contributed by atoms with E-state index >= 15 is 0 Å². The highest BCUT2D eigenvalue weighted by atomic mass is 32.2. The van der Waals surface area contributed by atoms with Crippen molar-refractivity contribution in [3.8, 4) is 17.2 Å². The second-order valence-electron chi connectivity index (χ2n) is 5.47. The molecule has 146 valence electrons. The van der Waals surface area contributed by atoms with Crippen LogP contribution in [0.3, 0.4) is 0 Å². The van der Waals surface area contributed by atoms with Crippen LogP contribution in [0.5, 0.6) is 17.2 Å². The van der Waals surface area contributed by atoms with Crippen molar-refractivity contribution >= 4 is 21.7 Å². The maximum absolute atomic E-state index is 12.6. The summed E-state index contributed by atoms with van der Waals surface area (Å²) in [4.78, 5) is 11.2. The van der Waals surface area contributed by atoms with Crippen LogP contribution in [0.25, 0.3) is 0 Å². The average Bonchev–Trinajstić information content (AvgIpc) is 2.66. The van der Waals surface area contributed by atoms with E-state index in [-0.39, 0.29) is 11.5 Å². The summed E-state index contributed by atoms with van der Waals surface area (Å²) in [5, 5.41) is 0. The van der Waals surface area contributed by atoms with Gasteiger partial charge in [-0.1, -0.05) is 0 Å². The molecule has 0 amide bonds. The lowest BCUT2D eigenvalue weighted by molar-refractivity contribution is -0.142. The van der Waals surface area contributed by atoms with Gasteiger partial charge in [-0.2, -0.15) is 0 Å². The Bertz CT molecular complexity index is 925. The topological polar surface area (TPSA) is 100 Å². The van der Waals surface area contributed by atoms with E-state index in [1.54, 1.807) is 19.1 Å². The molecule has 0 heterocycles. The van der Waals surface area contributed by atoms with Crippen molar-refractivity contribution in [1.82, 2.24) is 0 Å². The third-order valence-electron chi connectivity index (χ3n) is 3.67. The van der Waals surface area contributed by atoms with Gasteiger partial charge in [0.15, 0.2) is 18.1 Å². The van der Waals surface area contributed by atoms with Crippen LogP contribution in [0.15, 0.2) is 41.3 Å². The minimum atomic E-state index is -3.83. The molecule has 2 aromatic carbocycles. The summed E-state index contributed by atoms with van der Waals surface area (Å²) in [7, 11) is 0.391. The van der Waals surface area contributed by atoms with Gasteiger partial charge in [0.25, 0.3) is 10.0 Å². The van der Waals surface area contributed by atoms with E-state index in [0.717, 1.165) is 0 Å². The zero-order valence-electron chi connectivity index (χ0n) is 15.4. The summed E-state index contributed by atoms with van der Waals surface area (Å²) in [6.45, 7) is 1.43. The molecule has 0 spiro atoms. The minimum absolute atomic E-state index is 0.0557. The molecular formula is C18H21NO7S. The highest BCUT2D eigenvalue weighted by molar-refractivity contribution is 7.92. The van der Waals surface area contributed by atoms with E-state index in [2.05, 4.69) is 9.46 Å². The first-order chi connectivity index (χ1) is 12.8. The molecule has 9 heteroatoms. The molecule has 8 nitrogen and oxygen atoms in total. The maximum Gasteiger partial charge on any atom is 0.343 e. The van der Waals surface area contributed by atoms with Crippen LogP contribution in [0.4, 0.5) is 5.69 Å². The Kier molecular flexibility index (Phi) is 6.51. The third-order valence-corrected chi connectivity index (χ3v) is 5.04. The number of anilines is 1. The number of aryl methyl sites for hydroxylation is 1. The van der Waals surface area contributed by atoms with Crippen LogP contribution in [0.2, 0.25) is 0 Å². The number of rotatable bonds is 8. The number of benzene rings is 2. The number of carbonyl (C=O) groups excluding carboxylic acids is 1. The first-order valence-corrected chi connectivity index (χ1v) is 9.34. The van der Waals surface area contributed by atoms with Gasteiger partial charge in [0, 0.05) is 6.07 Å². The number of ether oxygens (including phenoxy) is 4. The van der Waals surface area contributed by atoms with Gasteiger partial charge in [0.05, 0.1) is 31.9 Å². The van der Waals surface area contributed by atoms with E-state index in [9.17, 15) is 13.2 Å². The highest BCUT2D eigenvalue weighted by Gasteiger charge is 2.17. The molecule has 0 atom stereocenters. The smallest absolute Gasteiger partial charge is 0.343 e. The molecule has 0 saturated carbocycles. The summed E-state index contributed by atoms with van der Waals surface area (Å²) < 4.78 is 47.9. The number of hydrogen-bond acceptors (Lipinski definition) is 7. The van der Waals surface area contributed by atoms with Crippen molar-refractivity contribution in [3.63, 3.8) is 0 Å². The molecule has 0 unspecified atom stereocenters. The molecule has 27 heavy (non-hydrogen) atoms. The lowest BCUT2D eigenvalue weighted by Crippen LogP contribution is -2.15. The van der Waals surface area contributed by atoms with Crippen molar-refractivity contribution in [3.05, 3.63) is 42.0 Å². The van der Waals surface area contributed by atoms with E-state index in [4.69, 9.17) is 14.2 Å². The molecule has 0 bridgehead atoms. The average molecular weight is 395 g/mol. The molecule has 2 rings (SSSR count). The molecule has 0 saturated heterocycles. The highest BCUT2D eigenvalue weighted by Crippen LogP contribution is 2.31. The number of sulfonamides is 1. The van der Waals surface area contributed by atoms with Gasteiger partial charge in [-0.15, -0.1) is 0 Å². The van der Waals surface area contributed by atoms with Crippen LogP contribution in [0, 0.1) is 6.92 Å². The lowest BCUT2D eigenvalue weighted by atomic mass is 10.2. The van der Waals surface area contributed by atoms with E-state index < -0.39 is 16.0 Å². The molecule has 0 aliphatic heterocycles. The second-order valence-corrected chi connectivity index (χ2v) is 7.15. The van der Waals surface area contributed by atoms with Crippen molar-refractivity contribution in [2.75, 3.05) is 32.7 Å². The molecule has 0 radical (unpaired) electrons. The molecule has 2 aromatic rings. The van der Waals surface area contributed by atoms with E-state index in [0.29, 0.717) is 28.5 Å².